The number of nitrogens with two attached hydrogens (primary N) is 1. The second kappa shape index (κ2) is 4.79. The molecule has 1 aromatic heterocycles. The smallest absolute Gasteiger partial charge is 0.145 e. The number of halogens is 1. The molecular formula is C10H17BrN4. The summed E-state index contributed by atoms with van der Waals surface area (Å²) in [5, 5.41) is 3.27. The van der Waals surface area contributed by atoms with Crippen LogP contribution in [0, 0.1) is 5.41 Å². The van der Waals surface area contributed by atoms with Gasteiger partial charge in [0.15, 0.2) is 0 Å². The van der Waals surface area contributed by atoms with Crippen LogP contribution in [0.15, 0.2) is 10.8 Å². The molecule has 1 rings (SSSR count). The van der Waals surface area contributed by atoms with Gasteiger partial charge in [0.25, 0.3) is 0 Å². The van der Waals surface area contributed by atoms with Gasteiger partial charge in [-0.05, 0) is 27.8 Å². The maximum atomic E-state index is 5.65. The van der Waals surface area contributed by atoms with Crippen LogP contribution in [-0.2, 0) is 0 Å². The third-order valence-corrected chi connectivity index (χ3v) is 3.29. The van der Waals surface area contributed by atoms with Crippen LogP contribution in [0.3, 0.4) is 0 Å². The van der Waals surface area contributed by atoms with Crippen LogP contribution in [0.5, 0.6) is 0 Å². The number of anilines is 2. The van der Waals surface area contributed by atoms with Crippen LogP contribution in [0.25, 0.3) is 0 Å². The van der Waals surface area contributed by atoms with Gasteiger partial charge in [0.1, 0.15) is 22.4 Å². The lowest BCUT2D eigenvalue weighted by Crippen LogP contribution is -2.22. The highest BCUT2D eigenvalue weighted by atomic mass is 79.9. The Labute approximate surface area is 98.8 Å². The van der Waals surface area contributed by atoms with E-state index < -0.39 is 0 Å². The van der Waals surface area contributed by atoms with E-state index >= 15 is 0 Å². The molecule has 0 unspecified atom stereocenters. The summed E-state index contributed by atoms with van der Waals surface area (Å²) in [4.78, 5) is 8.01. The number of nitrogens with zero attached hydrogens (tertiary/aromatic N) is 2. The van der Waals surface area contributed by atoms with Gasteiger partial charge in [-0.2, -0.15) is 0 Å². The van der Waals surface area contributed by atoms with E-state index in [-0.39, 0.29) is 5.41 Å². The van der Waals surface area contributed by atoms with Crippen molar-refractivity contribution in [3.8, 4) is 0 Å². The molecule has 5 heteroatoms. The van der Waals surface area contributed by atoms with E-state index in [1.54, 1.807) is 0 Å². The zero-order valence-electron chi connectivity index (χ0n) is 9.34. The molecule has 0 amide bonds. The minimum absolute atomic E-state index is 0.249. The standard InChI is InChI=1S/C10H17BrN4/c1-4-10(2,3)5-13-9-7(11)8(12)14-6-15-9/h6H,4-5H2,1-3H3,(H3,12,13,14,15). The summed E-state index contributed by atoms with van der Waals surface area (Å²) < 4.78 is 0.733. The Bertz CT molecular complexity index is 338. The first kappa shape index (κ1) is 12.2. The highest BCUT2D eigenvalue weighted by Gasteiger charge is 2.16. The molecule has 3 N–H and O–H groups in total. The molecule has 0 bridgehead atoms. The van der Waals surface area contributed by atoms with Gasteiger partial charge in [-0.3, -0.25) is 0 Å². The fraction of sp³-hybridized carbons (Fsp3) is 0.600. The predicted molar refractivity (Wildman–Crippen MR) is 66.7 cm³/mol. The van der Waals surface area contributed by atoms with E-state index in [9.17, 15) is 0 Å². The molecule has 0 aromatic carbocycles. The Hall–Kier alpha value is -0.840. The van der Waals surface area contributed by atoms with Gasteiger partial charge in [-0.25, -0.2) is 9.97 Å². The fourth-order valence-corrected chi connectivity index (χ4v) is 1.30. The monoisotopic (exact) mass is 272 g/mol. The Morgan fingerprint density at radius 2 is 2.13 bits per heavy atom. The third kappa shape index (κ3) is 3.34. The summed E-state index contributed by atoms with van der Waals surface area (Å²) in [6.45, 7) is 7.44. The van der Waals surface area contributed by atoms with E-state index in [4.69, 9.17) is 5.73 Å². The molecule has 0 aliphatic carbocycles. The van der Waals surface area contributed by atoms with Crippen LogP contribution in [0.1, 0.15) is 27.2 Å². The molecule has 0 atom stereocenters. The van der Waals surface area contributed by atoms with Crippen molar-refractivity contribution in [2.24, 2.45) is 5.41 Å². The van der Waals surface area contributed by atoms with Crippen molar-refractivity contribution in [2.45, 2.75) is 27.2 Å². The molecule has 15 heavy (non-hydrogen) atoms. The molecule has 4 nitrogen and oxygen atoms in total. The lowest BCUT2D eigenvalue weighted by atomic mass is 9.90. The summed E-state index contributed by atoms with van der Waals surface area (Å²) in [6, 6.07) is 0. The summed E-state index contributed by atoms with van der Waals surface area (Å²) >= 11 is 3.36. The Morgan fingerprint density at radius 3 is 2.73 bits per heavy atom. The molecule has 0 saturated carbocycles. The molecule has 1 heterocycles. The van der Waals surface area contributed by atoms with Crippen LogP contribution >= 0.6 is 15.9 Å². The number of aromatic nitrogens is 2. The van der Waals surface area contributed by atoms with Crippen LogP contribution in [0.2, 0.25) is 0 Å². The van der Waals surface area contributed by atoms with E-state index in [1.165, 1.54) is 6.33 Å². The second-order valence-corrected chi connectivity index (χ2v) is 5.09. The molecule has 0 aliphatic heterocycles. The molecule has 84 valence electrons. The number of nitrogens with one attached hydrogen (secondary N) is 1. The molecule has 1 aromatic rings. The highest BCUT2D eigenvalue weighted by molar-refractivity contribution is 9.10. The average molecular weight is 273 g/mol. The molecule has 0 aliphatic rings. The van der Waals surface area contributed by atoms with Crippen molar-refractivity contribution in [3.63, 3.8) is 0 Å². The number of nitrogen functional groups attached to an aromatic ring is 1. The molecule has 0 radical (unpaired) electrons. The number of hydrogen-bond acceptors (Lipinski definition) is 4. The van der Waals surface area contributed by atoms with Gasteiger partial charge >= 0.3 is 0 Å². The van der Waals surface area contributed by atoms with Gasteiger partial charge in [-0.1, -0.05) is 20.8 Å². The van der Waals surface area contributed by atoms with Crippen LogP contribution < -0.4 is 11.1 Å². The number of hydrogen-bond donors (Lipinski definition) is 2. The lowest BCUT2D eigenvalue weighted by molar-refractivity contribution is 0.376. The van der Waals surface area contributed by atoms with Gasteiger partial charge in [0, 0.05) is 6.54 Å². The fourth-order valence-electron chi connectivity index (χ4n) is 0.955. The van der Waals surface area contributed by atoms with Crippen molar-refractivity contribution in [1.82, 2.24) is 9.97 Å². The SMILES string of the molecule is CCC(C)(C)CNc1ncnc(N)c1Br. The molecule has 0 fully saturated rings. The topological polar surface area (TPSA) is 63.8 Å². The van der Waals surface area contributed by atoms with E-state index in [0.717, 1.165) is 23.3 Å². The van der Waals surface area contributed by atoms with E-state index in [2.05, 4.69) is 52.0 Å². The zero-order valence-corrected chi connectivity index (χ0v) is 10.9. The van der Waals surface area contributed by atoms with Crippen molar-refractivity contribution < 1.29 is 0 Å². The average Bonchev–Trinajstić information content (AvgIpc) is 2.20. The van der Waals surface area contributed by atoms with Gasteiger partial charge in [-0.15, -0.1) is 0 Å². The van der Waals surface area contributed by atoms with Gasteiger partial charge < -0.3 is 11.1 Å². The summed E-state index contributed by atoms with van der Waals surface area (Å²) in [6.07, 6.45) is 2.57. The maximum absolute atomic E-state index is 5.65. The Balaban J connectivity index is 2.70. The van der Waals surface area contributed by atoms with Crippen molar-refractivity contribution >= 4 is 27.6 Å². The van der Waals surface area contributed by atoms with Gasteiger partial charge in [0.2, 0.25) is 0 Å². The first-order chi connectivity index (χ1) is 6.96. The highest BCUT2D eigenvalue weighted by Crippen LogP contribution is 2.26. The van der Waals surface area contributed by atoms with Crippen LogP contribution in [-0.4, -0.2) is 16.5 Å². The van der Waals surface area contributed by atoms with Crippen molar-refractivity contribution in [3.05, 3.63) is 10.8 Å². The second-order valence-electron chi connectivity index (χ2n) is 4.29. The summed E-state index contributed by atoms with van der Waals surface area (Å²) in [7, 11) is 0. The molecule has 0 spiro atoms. The van der Waals surface area contributed by atoms with Crippen molar-refractivity contribution in [1.29, 1.82) is 0 Å². The first-order valence-electron chi connectivity index (χ1n) is 4.96. The predicted octanol–water partition coefficient (Wildman–Crippen LogP) is 2.67. The molecule has 0 saturated heterocycles. The zero-order chi connectivity index (χ0) is 11.5. The minimum Gasteiger partial charge on any atom is -0.383 e. The quantitative estimate of drug-likeness (QED) is 0.885. The summed E-state index contributed by atoms with van der Waals surface area (Å²) in [5.41, 5.74) is 5.90. The Morgan fingerprint density at radius 1 is 1.47 bits per heavy atom. The normalized spacial score (nSPS) is 11.5. The van der Waals surface area contributed by atoms with E-state index in [0.29, 0.717) is 5.82 Å². The molecular weight excluding hydrogens is 256 g/mol. The van der Waals surface area contributed by atoms with Gasteiger partial charge in [0.05, 0.1) is 0 Å². The van der Waals surface area contributed by atoms with Crippen LogP contribution in [0.4, 0.5) is 11.6 Å². The minimum atomic E-state index is 0.249. The summed E-state index contributed by atoms with van der Waals surface area (Å²) in [5.74, 6) is 1.21. The number of rotatable bonds is 4. The largest absolute Gasteiger partial charge is 0.383 e. The maximum Gasteiger partial charge on any atom is 0.145 e. The lowest BCUT2D eigenvalue weighted by Gasteiger charge is -2.23. The van der Waals surface area contributed by atoms with E-state index in [1.807, 2.05) is 0 Å². The van der Waals surface area contributed by atoms with Crippen molar-refractivity contribution in [2.75, 3.05) is 17.6 Å². The Kier molecular flexibility index (Phi) is 3.90. The third-order valence-electron chi connectivity index (χ3n) is 2.51. The first-order valence-corrected chi connectivity index (χ1v) is 5.75.